The molecule has 78 valence electrons. The molecule has 0 aromatic rings. The average molecular weight is 273 g/mol. The molecule has 0 amide bonds. The average Bonchev–Trinajstić information content (AvgIpc) is 2.10. The second kappa shape index (κ2) is 12.0. The summed E-state index contributed by atoms with van der Waals surface area (Å²) in [6.07, 6.45) is 7.84. The molecular formula is C10H18BrNaO2. The normalized spacial score (nSPS) is 11.9. The van der Waals surface area contributed by atoms with Gasteiger partial charge in [0.05, 0.1) is 10.8 Å². The molecule has 4 heteroatoms. The summed E-state index contributed by atoms with van der Waals surface area (Å²) < 4.78 is 0. The van der Waals surface area contributed by atoms with Gasteiger partial charge in [-0.05, 0) is 6.42 Å². The first kappa shape index (κ1) is 17.3. The summed E-state index contributed by atoms with van der Waals surface area (Å²) in [7, 11) is 0. The molecule has 0 saturated carbocycles. The van der Waals surface area contributed by atoms with Gasteiger partial charge in [-0.25, -0.2) is 0 Å². The van der Waals surface area contributed by atoms with Crippen molar-refractivity contribution in [2.45, 2.75) is 56.7 Å². The zero-order valence-corrected chi connectivity index (χ0v) is 12.8. The van der Waals surface area contributed by atoms with Gasteiger partial charge in [0.1, 0.15) is 0 Å². The van der Waals surface area contributed by atoms with E-state index in [-0.39, 0.29) is 29.6 Å². The second-order valence-electron chi connectivity index (χ2n) is 3.34. The van der Waals surface area contributed by atoms with E-state index in [1.807, 2.05) is 0 Å². The maximum absolute atomic E-state index is 10.3. The molecule has 0 aliphatic carbocycles. The van der Waals surface area contributed by atoms with Crippen LogP contribution < -0.4 is 34.7 Å². The van der Waals surface area contributed by atoms with E-state index in [2.05, 4.69) is 22.9 Å². The quantitative estimate of drug-likeness (QED) is 0.332. The third-order valence-electron chi connectivity index (χ3n) is 2.07. The van der Waals surface area contributed by atoms with Crippen molar-refractivity contribution in [3.8, 4) is 0 Å². The van der Waals surface area contributed by atoms with Crippen molar-refractivity contribution in [1.29, 1.82) is 0 Å². The molecular weight excluding hydrogens is 255 g/mol. The van der Waals surface area contributed by atoms with E-state index in [1.54, 1.807) is 0 Å². The van der Waals surface area contributed by atoms with Gasteiger partial charge in [-0.1, -0.05) is 61.4 Å². The summed E-state index contributed by atoms with van der Waals surface area (Å²) in [5.41, 5.74) is 0. The van der Waals surface area contributed by atoms with Crippen LogP contribution in [0.1, 0.15) is 51.9 Å². The number of halogens is 1. The molecule has 0 rings (SSSR count). The smallest absolute Gasteiger partial charge is 0.549 e. The number of hydrogen-bond acceptors (Lipinski definition) is 2. The Kier molecular flexibility index (Phi) is 14.9. The first-order valence-electron chi connectivity index (χ1n) is 5.03. The molecule has 0 aromatic heterocycles. The predicted molar refractivity (Wildman–Crippen MR) is 55.7 cm³/mol. The van der Waals surface area contributed by atoms with Crippen molar-refractivity contribution in [2.24, 2.45) is 0 Å². The molecule has 0 spiro atoms. The van der Waals surface area contributed by atoms with Gasteiger partial charge in [-0.2, -0.15) is 0 Å². The van der Waals surface area contributed by atoms with Crippen molar-refractivity contribution < 1.29 is 39.5 Å². The summed E-state index contributed by atoms with van der Waals surface area (Å²) in [5.74, 6) is -0.992. The first-order chi connectivity index (χ1) is 6.18. The van der Waals surface area contributed by atoms with Crippen LogP contribution >= 0.6 is 15.9 Å². The molecule has 14 heavy (non-hydrogen) atoms. The Balaban J connectivity index is 0. The fourth-order valence-corrected chi connectivity index (χ4v) is 1.55. The minimum Gasteiger partial charge on any atom is -0.549 e. The van der Waals surface area contributed by atoms with Crippen molar-refractivity contribution >= 4 is 21.9 Å². The Bertz CT molecular complexity index is 142. The summed E-state index contributed by atoms with van der Waals surface area (Å²) in [4.78, 5) is 9.85. The maximum Gasteiger partial charge on any atom is 1.00 e. The van der Waals surface area contributed by atoms with Crippen LogP contribution in [0, 0.1) is 0 Å². The third kappa shape index (κ3) is 11.0. The number of carboxylic acids is 1. The van der Waals surface area contributed by atoms with E-state index in [0.717, 1.165) is 12.8 Å². The van der Waals surface area contributed by atoms with Crippen LogP contribution in [-0.2, 0) is 4.79 Å². The molecule has 0 heterocycles. The Hall–Kier alpha value is 0.950. The summed E-state index contributed by atoms with van der Waals surface area (Å²) in [6, 6.07) is 0. The van der Waals surface area contributed by atoms with Gasteiger partial charge in [0.25, 0.3) is 0 Å². The molecule has 0 radical (unpaired) electrons. The van der Waals surface area contributed by atoms with E-state index in [0.29, 0.717) is 6.42 Å². The molecule has 0 aliphatic rings. The molecule has 0 fully saturated rings. The van der Waals surface area contributed by atoms with Gasteiger partial charge in [0.2, 0.25) is 0 Å². The molecule has 0 bridgehead atoms. The van der Waals surface area contributed by atoms with Gasteiger partial charge in [0, 0.05) is 0 Å². The minimum absolute atomic E-state index is 0. The van der Waals surface area contributed by atoms with Crippen LogP contribution in [0.25, 0.3) is 0 Å². The number of unbranched alkanes of at least 4 members (excludes halogenated alkanes) is 5. The molecule has 1 atom stereocenters. The van der Waals surface area contributed by atoms with Crippen LogP contribution in [0.4, 0.5) is 0 Å². The Morgan fingerprint density at radius 3 is 2.21 bits per heavy atom. The van der Waals surface area contributed by atoms with Gasteiger partial charge >= 0.3 is 29.6 Å². The fourth-order valence-electron chi connectivity index (χ4n) is 1.22. The van der Waals surface area contributed by atoms with Gasteiger partial charge in [0.15, 0.2) is 0 Å². The first-order valence-corrected chi connectivity index (χ1v) is 5.95. The topological polar surface area (TPSA) is 40.1 Å². The van der Waals surface area contributed by atoms with E-state index < -0.39 is 10.8 Å². The zero-order chi connectivity index (χ0) is 10.1. The predicted octanol–water partition coefficient (Wildman–Crippen LogP) is -0.746. The van der Waals surface area contributed by atoms with E-state index in [4.69, 9.17) is 0 Å². The number of alkyl halides is 1. The van der Waals surface area contributed by atoms with Crippen molar-refractivity contribution in [3.63, 3.8) is 0 Å². The summed E-state index contributed by atoms with van der Waals surface area (Å²) >= 11 is 3.06. The number of rotatable bonds is 8. The van der Waals surface area contributed by atoms with Gasteiger partial charge in [-0.3, -0.25) is 0 Å². The molecule has 1 unspecified atom stereocenters. The molecule has 0 aromatic carbocycles. The SMILES string of the molecule is CCCCCCCCC(Br)C(=O)[O-].[Na+]. The van der Waals surface area contributed by atoms with E-state index in [9.17, 15) is 9.90 Å². The fraction of sp³-hybridized carbons (Fsp3) is 0.900. The summed E-state index contributed by atoms with van der Waals surface area (Å²) in [5, 5.41) is 10.3. The standard InChI is InChI=1S/C10H19BrO2.Na/c1-2-3-4-5-6-7-8-9(11)10(12)13;/h9H,2-8H2,1H3,(H,12,13);/q;+1/p-1. The van der Waals surface area contributed by atoms with Crippen LogP contribution in [0.15, 0.2) is 0 Å². The van der Waals surface area contributed by atoms with Gasteiger partial charge in [-0.15, -0.1) is 0 Å². The third-order valence-corrected chi connectivity index (χ3v) is 2.90. The number of carbonyl (C=O) groups excluding carboxylic acids is 1. The van der Waals surface area contributed by atoms with Crippen molar-refractivity contribution in [3.05, 3.63) is 0 Å². The molecule has 2 nitrogen and oxygen atoms in total. The van der Waals surface area contributed by atoms with Crippen LogP contribution in [0.3, 0.4) is 0 Å². The maximum atomic E-state index is 10.3. The number of carbonyl (C=O) groups is 1. The van der Waals surface area contributed by atoms with Crippen LogP contribution in [-0.4, -0.2) is 10.8 Å². The Morgan fingerprint density at radius 2 is 1.71 bits per heavy atom. The molecule has 0 saturated heterocycles. The Labute approximate surface area is 117 Å². The molecule has 0 aliphatic heterocycles. The molecule has 0 N–H and O–H groups in total. The Morgan fingerprint density at radius 1 is 1.21 bits per heavy atom. The largest absolute Gasteiger partial charge is 1.00 e. The van der Waals surface area contributed by atoms with Crippen molar-refractivity contribution in [1.82, 2.24) is 0 Å². The second-order valence-corrected chi connectivity index (χ2v) is 4.45. The van der Waals surface area contributed by atoms with Crippen LogP contribution in [0.5, 0.6) is 0 Å². The number of carboxylic acid groups (broad SMARTS) is 1. The minimum atomic E-state index is -0.992. The van der Waals surface area contributed by atoms with Crippen molar-refractivity contribution in [2.75, 3.05) is 0 Å². The van der Waals surface area contributed by atoms with E-state index >= 15 is 0 Å². The monoisotopic (exact) mass is 272 g/mol. The van der Waals surface area contributed by atoms with Gasteiger partial charge < -0.3 is 9.90 Å². The number of aliphatic carboxylic acids is 1. The number of hydrogen-bond donors (Lipinski definition) is 0. The van der Waals surface area contributed by atoms with E-state index in [1.165, 1.54) is 25.7 Å². The zero-order valence-electron chi connectivity index (χ0n) is 9.22. The van der Waals surface area contributed by atoms with Crippen LogP contribution in [0.2, 0.25) is 0 Å². The summed E-state index contributed by atoms with van der Waals surface area (Å²) in [6.45, 7) is 2.19.